The molecule has 1 N–H and O–H groups in total. The van der Waals surface area contributed by atoms with Crippen LogP contribution >= 0.6 is 0 Å². The normalized spacial score (nSPS) is 19.4. The lowest BCUT2D eigenvalue weighted by molar-refractivity contribution is -0.117. The number of amides is 1. The molecule has 1 unspecified atom stereocenters. The van der Waals surface area contributed by atoms with E-state index in [1.807, 2.05) is 0 Å². The summed E-state index contributed by atoms with van der Waals surface area (Å²) in [4.78, 5) is 30.9. The summed E-state index contributed by atoms with van der Waals surface area (Å²) in [5, 5.41) is 8.69. The van der Waals surface area contributed by atoms with Crippen molar-refractivity contribution < 1.29 is 27.0 Å². The van der Waals surface area contributed by atoms with Gasteiger partial charge in [0.1, 0.15) is 0 Å². The predicted molar refractivity (Wildman–Crippen MR) is 64.3 cm³/mol. The van der Waals surface area contributed by atoms with Crippen molar-refractivity contribution in [3.05, 3.63) is 18.0 Å². The smallest absolute Gasteiger partial charge is 0.338 e. The van der Waals surface area contributed by atoms with Crippen molar-refractivity contribution in [2.24, 2.45) is 5.92 Å². The molecule has 1 aromatic heterocycles. The van der Waals surface area contributed by atoms with E-state index in [1.165, 1.54) is 0 Å². The first-order valence-electron chi connectivity index (χ1n) is 5.54. The standard InChI is InChI=1S/C10H10FN3O5S/c11-20(18,19)5-6-1-8(15)14(4-6)10-12-2-7(3-13-10)9(16)17/h2-3,6H,1,4-5H2,(H,16,17). The number of rotatable bonds is 4. The quantitative estimate of drug-likeness (QED) is 0.767. The number of halogens is 1. The maximum absolute atomic E-state index is 12.6. The van der Waals surface area contributed by atoms with E-state index in [1.54, 1.807) is 0 Å². The molecule has 1 aromatic rings. The van der Waals surface area contributed by atoms with Gasteiger partial charge in [0.25, 0.3) is 0 Å². The number of hydrogen-bond donors (Lipinski definition) is 1. The Balaban J connectivity index is 2.13. The molecule has 0 bridgehead atoms. The molecule has 1 saturated heterocycles. The molecule has 2 heterocycles. The van der Waals surface area contributed by atoms with Crippen LogP contribution in [0.5, 0.6) is 0 Å². The van der Waals surface area contributed by atoms with Crippen molar-refractivity contribution in [3.63, 3.8) is 0 Å². The molecule has 0 spiro atoms. The van der Waals surface area contributed by atoms with Crippen LogP contribution in [0.25, 0.3) is 0 Å². The average Bonchev–Trinajstić information content (AvgIpc) is 2.67. The molecule has 1 fully saturated rings. The number of anilines is 1. The zero-order valence-corrected chi connectivity index (χ0v) is 10.9. The van der Waals surface area contributed by atoms with Crippen LogP contribution in [-0.4, -0.2) is 47.7 Å². The van der Waals surface area contributed by atoms with E-state index in [9.17, 15) is 21.9 Å². The van der Waals surface area contributed by atoms with Gasteiger partial charge in [-0.3, -0.25) is 9.69 Å². The molecule has 1 amide bonds. The van der Waals surface area contributed by atoms with E-state index in [2.05, 4.69) is 9.97 Å². The number of nitrogens with zero attached hydrogens (tertiary/aromatic N) is 3. The summed E-state index contributed by atoms with van der Waals surface area (Å²) in [6.07, 6.45) is 1.96. The minimum absolute atomic E-state index is 0.0194. The molecule has 0 aliphatic carbocycles. The van der Waals surface area contributed by atoms with Gasteiger partial charge in [-0.15, -0.1) is 3.89 Å². The Labute approximate surface area is 113 Å². The van der Waals surface area contributed by atoms with Crippen LogP contribution in [0.3, 0.4) is 0 Å². The maximum Gasteiger partial charge on any atom is 0.338 e. The lowest BCUT2D eigenvalue weighted by Crippen LogP contribution is -2.27. The molecule has 20 heavy (non-hydrogen) atoms. The summed E-state index contributed by atoms with van der Waals surface area (Å²) in [5.41, 5.74) is -0.136. The minimum Gasteiger partial charge on any atom is -0.478 e. The number of aromatic nitrogens is 2. The Kier molecular flexibility index (Phi) is 3.66. The first-order chi connectivity index (χ1) is 9.26. The number of carboxylic acid groups (broad SMARTS) is 1. The van der Waals surface area contributed by atoms with E-state index in [-0.39, 0.29) is 24.5 Å². The van der Waals surface area contributed by atoms with Gasteiger partial charge in [-0.25, -0.2) is 14.8 Å². The third-order valence-electron chi connectivity index (χ3n) is 2.77. The molecule has 0 aromatic carbocycles. The Morgan fingerprint density at radius 1 is 1.45 bits per heavy atom. The predicted octanol–water partition coefficient (Wildman–Crippen LogP) is -0.173. The highest BCUT2D eigenvalue weighted by Crippen LogP contribution is 2.23. The average molecular weight is 303 g/mol. The van der Waals surface area contributed by atoms with Gasteiger partial charge >= 0.3 is 16.2 Å². The largest absolute Gasteiger partial charge is 0.478 e. The number of carbonyl (C=O) groups excluding carboxylic acids is 1. The first kappa shape index (κ1) is 14.3. The van der Waals surface area contributed by atoms with E-state index < -0.39 is 33.8 Å². The Morgan fingerprint density at radius 3 is 2.55 bits per heavy atom. The SMILES string of the molecule is O=C(O)c1cnc(N2CC(CS(=O)(=O)F)CC2=O)nc1. The van der Waals surface area contributed by atoms with Gasteiger partial charge in [0.2, 0.25) is 11.9 Å². The van der Waals surface area contributed by atoms with Crippen LogP contribution in [0.4, 0.5) is 9.83 Å². The van der Waals surface area contributed by atoms with Gasteiger partial charge in [0, 0.05) is 31.3 Å². The summed E-state index contributed by atoms with van der Waals surface area (Å²) >= 11 is 0. The number of carboxylic acids is 1. The zero-order valence-electron chi connectivity index (χ0n) is 10.1. The minimum atomic E-state index is -4.65. The second kappa shape index (κ2) is 5.12. The molecule has 2 rings (SSSR count). The van der Waals surface area contributed by atoms with Crippen molar-refractivity contribution in [3.8, 4) is 0 Å². The van der Waals surface area contributed by atoms with Crippen LogP contribution in [0, 0.1) is 5.92 Å². The highest BCUT2D eigenvalue weighted by Gasteiger charge is 2.34. The second-order valence-electron chi connectivity index (χ2n) is 4.36. The van der Waals surface area contributed by atoms with Crippen molar-refractivity contribution >= 4 is 28.0 Å². The summed E-state index contributed by atoms with van der Waals surface area (Å²) in [5.74, 6) is -3.06. The fraction of sp³-hybridized carbons (Fsp3) is 0.400. The zero-order chi connectivity index (χ0) is 14.9. The number of carbonyl (C=O) groups is 2. The highest BCUT2D eigenvalue weighted by molar-refractivity contribution is 7.86. The summed E-state index contributed by atoms with van der Waals surface area (Å²) in [6.45, 7) is -0.0194. The van der Waals surface area contributed by atoms with Gasteiger partial charge in [-0.2, -0.15) is 8.42 Å². The number of hydrogen-bond acceptors (Lipinski definition) is 6. The van der Waals surface area contributed by atoms with E-state index in [4.69, 9.17) is 5.11 Å². The molecule has 1 atom stereocenters. The van der Waals surface area contributed by atoms with Crippen molar-refractivity contribution in [1.29, 1.82) is 0 Å². The van der Waals surface area contributed by atoms with Crippen LogP contribution in [-0.2, 0) is 15.0 Å². The third kappa shape index (κ3) is 3.26. The van der Waals surface area contributed by atoms with E-state index in [0.29, 0.717) is 0 Å². The van der Waals surface area contributed by atoms with Crippen LogP contribution in [0.15, 0.2) is 12.4 Å². The Morgan fingerprint density at radius 2 is 2.05 bits per heavy atom. The van der Waals surface area contributed by atoms with Crippen LogP contribution in [0.2, 0.25) is 0 Å². The monoisotopic (exact) mass is 303 g/mol. The summed E-state index contributed by atoms with van der Waals surface area (Å²) in [6, 6.07) is 0. The maximum atomic E-state index is 12.6. The van der Waals surface area contributed by atoms with Gasteiger partial charge in [-0.1, -0.05) is 0 Å². The fourth-order valence-corrected chi connectivity index (χ4v) is 2.73. The number of aromatic carboxylic acids is 1. The van der Waals surface area contributed by atoms with Gasteiger partial charge in [0.15, 0.2) is 0 Å². The van der Waals surface area contributed by atoms with E-state index >= 15 is 0 Å². The molecule has 0 saturated carbocycles. The van der Waals surface area contributed by atoms with Crippen LogP contribution in [0.1, 0.15) is 16.8 Å². The van der Waals surface area contributed by atoms with Crippen molar-refractivity contribution in [2.45, 2.75) is 6.42 Å². The molecule has 108 valence electrons. The van der Waals surface area contributed by atoms with Gasteiger partial charge < -0.3 is 5.11 Å². The molecular formula is C10H10FN3O5S. The summed E-state index contributed by atoms with van der Waals surface area (Å²) in [7, 11) is -4.65. The highest BCUT2D eigenvalue weighted by atomic mass is 32.3. The molecule has 1 aliphatic heterocycles. The Hall–Kier alpha value is -2.10. The lowest BCUT2D eigenvalue weighted by Gasteiger charge is -2.13. The summed E-state index contributed by atoms with van der Waals surface area (Å²) < 4.78 is 33.7. The Bertz CT molecular complexity index is 645. The van der Waals surface area contributed by atoms with E-state index in [0.717, 1.165) is 17.3 Å². The fourth-order valence-electron chi connectivity index (χ4n) is 1.94. The van der Waals surface area contributed by atoms with Crippen molar-refractivity contribution in [2.75, 3.05) is 17.2 Å². The van der Waals surface area contributed by atoms with Gasteiger partial charge in [0.05, 0.1) is 11.3 Å². The molecule has 10 heteroatoms. The molecule has 1 aliphatic rings. The molecule has 0 radical (unpaired) electrons. The first-order valence-corrected chi connectivity index (χ1v) is 7.09. The van der Waals surface area contributed by atoms with Gasteiger partial charge in [-0.05, 0) is 0 Å². The second-order valence-corrected chi connectivity index (χ2v) is 5.77. The van der Waals surface area contributed by atoms with Crippen LogP contribution < -0.4 is 4.90 Å². The topological polar surface area (TPSA) is 118 Å². The molecular weight excluding hydrogens is 293 g/mol. The van der Waals surface area contributed by atoms with Crippen molar-refractivity contribution in [1.82, 2.24) is 9.97 Å². The third-order valence-corrected chi connectivity index (χ3v) is 3.64. The lowest BCUT2D eigenvalue weighted by atomic mass is 10.1. The molecule has 8 nitrogen and oxygen atoms in total.